The molecule has 0 aliphatic carbocycles. The highest BCUT2D eigenvalue weighted by Crippen LogP contribution is 2.14. The van der Waals surface area contributed by atoms with E-state index in [0.29, 0.717) is 5.02 Å². The second-order valence-electron chi connectivity index (χ2n) is 3.87. The highest BCUT2D eigenvalue weighted by Gasteiger charge is 2.14. The fraction of sp³-hybridized carbons (Fsp3) is 0.0833. The van der Waals surface area contributed by atoms with Crippen molar-refractivity contribution < 1.29 is 17.9 Å². The van der Waals surface area contributed by atoms with Gasteiger partial charge in [-0.25, -0.2) is 13.1 Å². The van der Waals surface area contributed by atoms with Gasteiger partial charge < -0.3 is 9.52 Å². The Kier molecular flexibility index (Phi) is 4.12. The molecule has 0 radical (unpaired) electrons. The summed E-state index contributed by atoms with van der Waals surface area (Å²) in [6.07, 6.45) is 0.855. The lowest BCUT2D eigenvalue weighted by atomic mass is 10.4. The summed E-state index contributed by atoms with van der Waals surface area (Å²) in [4.78, 5) is 11.2. The summed E-state index contributed by atoms with van der Waals surface area (Å²) >= 11 is 5.68. The van der Waals surface area contributed by atoms with Crippen molar-refractivity contribution in [1.82, 2.24) is 4.72 Å². The number of benzene rings is 1. The van der Waals surface area contributed by atoms with Crippen molar-refractivity contribution in [2.45, 2.75) is 11.4 Å². The van der Waals surface area contributed by atoms with Gasteiger partial charge in [0.2, 0.25) is 15.5 Å². The van der Waals surface area contributed by atoms with Gasteiger partial charge in [0.1, 0.15) is 12.0 Å². The molecule has 0 aliphatic rings. The zero-order valence-electron chi connectivity index (χ0n) is 10.0. The molecule has 0 amide bonds. The van der Waals surface area contributed by atoms with E-state index in [1.807, 2.05) is 0 Å². The SMILES string of the molecule is O=c1cc(CNS(=O)(=O)c2ccc(Cl)cc2)occ1O. The van der Waals surface area contributed by atoms with Crippen LogP contribution in [0.25, 0.3) is 0 Å². The van der Waals surface area contributed by atoms with E-state index in [1.165, 1.54) is 24.3 Å². The van der Waals surface area contributed by atoms with Crippen LogP contribution in [0.2, 0.25) is 5.02 Å². The van der Waals surface area contributed by atoms with Crippen LogP contribution in [0.15, 0.2) is 50.7 Å². The first-order chi connectivity index (χ1) is 9.38. The largest absolute Gasteiger partial charge is 0.502 e. The number of hydrogen-bond acceptors (Lipinski definition) is 5. The molecule has 0 spiro atoms. The van der Waals surface area contributed by atoms with Gasteiger partial charge >= 0.3 is 0 Å². The topological polar surface area (TPSA) is 96.6 Å². The van der Waals surface area contributed by atoms with E-state index in [2.05, 4.69) is 4.72 Å². The quantitative estimate of drug-likeness (QED) is 0.890. The van der Waals surface area contributed by atoms with Gasteiger partial charge in [-0.1, -0.05) is 11.6 Å². The van der Waals surface area contributed by atoms with Gasteiger partial charge in [-0.15, -0.1) is 0 Å². The zero-order valence-corrected chi connectivity index (χ0v) is 11.6. The molecule has 0 saturated heterocycles. The summed E-state index contributed by atoms with van der Waals surface area (Å²) in [6.45, 7) is -0.208. The molecule has 8 heteroatoms. The first kappa shape index (κ1) is 14.6. The standard InChI is InChI=1S/C12H10ClNO5S/c13-8-1-3-10(4-2-8)20(17,18)14-6-9-5-11(15)12(16)7-19-9/h1-5,7,14,16H,6H2. The number of hydrogen-bond donors (Lipinski definition) is 2. The second-order valence-corrected chi connectivity index (χ2v) is 6.08. The van der Waals surface area contributed by atoms with Gasteiger partial charge in [-0.2, -0.15) is 0 Å². The Morgan fingerprint density at radius 2 is 1.90 bits per heavy atom. The third kappa shape index (κ3) is 3.38. The molecule has 0 saturated carbocycles. The van der Waals surface area contributed by atoms with Crippen LogP contribution in [-0.4, -0.2) is 13.5 Å². The Bertz CT molecular complexity index is 767. The predicted molar refractivity (Wildman–Crippen MR) is 72.1 cm³/mol. The molecule has 1 heterocycles. The third-order valence-electron chi connectivity index (χ3n) is 2.43. The number of aromatic hydroxyl groups is 1. The monoisotopic (exact) mass is 315 g/mol. The lowest BCUT2D eigenvalue weighted by Crippen LogP contribution is -2.23. The molecule has 0 unspecified atom stereocenters. The molecule has 20 heavy (non-hydrogen) atoms. The highest BCUT2D eigenvalue weighted by atomic mass is 35.5. The Labute approximate surface area is 119 Å². The van der Waals surface area contributed by atoms with E-state index in [4.69, 9.17) is 21.1 Å². The van der Waals surface area contributed by atoms with Crippen molar-refractivity contribution in [3.8, 4) is 5.75 Å². The minimum atomic E-state index is -3.73. The first-order valence-electron chi connectivity index (χ1n) is 5.44. The Balaban J connectivity index is 2.15. The Morgan fingerprint density at radius 3 is 2.50 bits per heavy atom. The minimum absolute atomic E-state index is 0.0445. The summed E-state index contributed by atoms with van der Waals surface area (Å²) in [5, 5.41) is 9.44. The second kappa shape index (κ2) is 5.66. The van der Waals surface area contributed by atoms with E-state index in [9.17, 15) is 13.2 Å². The van der Waals surface area contributed by atoms with Crippen LogP contribution in [0.1, 0.15) is 5.76 Å². The van der Waals surface area contributed by atoms with Crippen LogP contribution in [0.4, 0.5) is 0 Å². The van der Waals surface area contributed by atoms with Crippen molar-refractivity contribution in [1.29, 1.82) is 0 Å². The Hall–Kier alpha value is -1.83. The molecule has 2 rings (SSSR count). The summed E-state index contributed by atoms with van der Waals surface area (Å²) in [6, 6.07) is 6.64. The third-order valence-corrected chi connectivity index (χ3v) is 4.10. The number of nitrogens with one attached hydrogen (secondary N) is 1. The molecule has 0 aliphatic heterocycles. The first-order valence-corrected chi connectivity index (χ1v) is 7.30. The molecule has 0 fully saturated rings. The molecule has 106 valence electrons. The minimum Gasteiger partial charge on any atom is -0.502 e. The maximum absolute atomic E-state index is 11.9. The van der Waals surface area contributed by atoms with E-state index in [-0.39, 0.29) is 17.2 Å². The van der Waals surface area contributed by atoms with Gasteiger partial charge in [-0.3, -0.25) is 4.79 Å². The molecule has 0 bridgehead atoms. The van der Waals surface area contributed by atoms with Gasteiger partial charge in [0, 0.05) is 11.1 Å². The number of rotatable bonds is 4. The van der Waals surface area contributed by atoms with Crippen LogP contribution < -0.4 is 10.2 Å². The molecule has 0 atom stereocenters. The molecular formula is C12H10ClNO5S. The number of halogens is 1. The van der Waals surface area contributed by atoms with E-state index >= 15 is 0 Å². The van der Waals surface area contributed by atoms with Crippen molar-refractivity contribution in [3.63, 3.8) is 0 Å². The van der Waals surface area contributed by atoms with E-state index in [1.54, 1.807) is 0 Å². The lowest BCUT2D eigenvalue weighted by Gasteiger charge is -2.06. The summed E-state index contributed by atoms with van der Waals surface area (Å²) in [7, 11) is -3.73. The van der Waals surface area contributed by atoms with Crippen LogP contribution in [0.3, 0.4) is 0 Å². The zero-order chi connectivity index (χ0) is 14.8. The highest BCUT2D eigenvalue weighted by molar-refractivity contribution is 7.89. The van der Waals surface area contributed by atoms with Crippen LogP contribution in [0, 0.1) is 0 Å². The van der Waals surface area contributed by atoms with Gasteiger partial charge in [0.05, 0.1) is 11.4 Å². The normalized spacial score (nSPS) is 11.4. The molecular weight excluding hydrogens is 306 g/mol. The molecule has 1 aromatic heterocycles. The maximum Gasteiger partial charge on any atom is 0.240 e. The molecule has 6 nitrogen and oxygen atoms in total. The summed E-state index contributed by atoms with van der Waals surface area (Å²) in [5.74, 6) is -0.445. The fourth-order valence-electron chi connectivity index (χ4n) is 1.40. The van der Waals surface area contributed by atoms with Gasteiger partial charge in [0.25, 0.3) is 0 Å². The van der Waals surface area contributed by atoms with E-state index < -0.39 is 21.2 Å². The summed E-state index contributed by atoms with van der Waals surface area (Å²) in [5.41, 5.74) is -0.642. The van der Waals surface area contributed by atoms with Crippen LogP contribution in [-0.2, 0) is 16.6 Å². The number of sulfonamides is 1. The van der Waals surface area contributed by atoms with Crippen LogP contribution >= 0.6 is 11.6 Å². The van der Waals surface area contributed by atoms with Gasteiger partial charge in [0.15, 0.2) is 5.75 Å². The fourth-order valence-corrected chi connectivity index (χ4v) is 2.52. The van der Waals surface area contributed by atoms with E-state index in [0.717, 1.165) is 12.3 Å². The molecule has 2 N–H and O–H groups in total. The van der Waals surface area contributed by atoms with Gasteiger partial charge in [-0.05, 0) is 24.3 Å². The van der Waals surface area contributed by atoms with Crippen molar-refractivity contribution >= 4 is 21.6 Å². The van der Waals surface area contributed by atoms with Crippen LogP contribution in [0.5, 0.6) is 5.75 Å². The lowest BCUT2D eigenvalue weighted by molar-refractivity contribution is 0.411. The molecule has 1 aromatic carbocycles. The molecule has 2 aromatic rings. The maximum atomic E-state index is 11.9. The average molecular weight is 316 g/mol. The smallest absolute Gasteiger partial charge is 0.240 e. The van der Waals surface area contributed by atoms with Crippen molar-refractivity contribution in [2.24, 2.45) is 0 Å². The van der Waals surface area contributed by atoms with Crippen molar-refractivity contribution in [3.05, 3.63) is 57.6 Å². The average Bonchev–Trinajstić information content (AvgIpc) is 2.41. The van der Waals surface area contributed by atoms with Crippen molar-refractivity contribution in [2.75, 3.05) is 0 Å². The summed E-state index contributed by atoms with van der Waals surface area (Å²) < 4.78 is 31.1. The predicted octanol–water partition coefficient (Wildman–Crippen LogP) is 1.48. The Morgan fingerprint density at radius 1 is 1.25 bits per heavy atom.